The largest absolute Gasteiger partial charge is 0.386 e. The van der Waals surface area contributed by atoms with Gasteiger partial charge in [0.05, 0.1) is 5.60 Å². The van der Waals surface area contributed by atoms with Gasteiger partial charge < -0.3 is 10.4 Å². The van der Waals surface area contributed by atoms with E-state index in [4.69, 9.17) is 0 Å². The van der Waals surface area contributed by atoms with E-state index in [9.17, 15) is 5.11 Å². The second kappa shape index (κ2) is 5.31. The number of benzene rings is 1. The maximum Gasteiger partial charge on any atom is 0.0860 e. The smallest absolute Gasteiger partial charge is 0.0860 e. The zero-order valence-electron chi connectivity index (χ0n) is 11.7. The van der Waals surface area contributed by atoms with Crippen LogP contribution in [0.1, 0.15) is 52.0 Å². The van der Waals surface area contributed by atoms with Crippen molar-refractivity contribution in [2.75, 3.05) is 5.32 Å². The Bertz CT molecular complexity index is 386. The lowest BCUT2D eigenvalue weighted by Crippen LogP contribution is -2.27. The first-order valence-electron chi connectivity index (χ1n) is 7.05. The minimum atomic E-state index is -0.786. The Balaban J connectivity index is 2.10. The molecule has 0 radical (unpaired) electrons. The highest BCUT2D eigenvalue weighted by Crippen LogP contribution is 2.31. The summed E-state index contributed by atoms with van der Waals surface area (Å²) in [6, 6.07) is 8.66. The molecule has 0 atom stereocenters. The zero-order chi connectivity index (χ0) is 13.2. The van der Waals surface area contributed by atoms with Crippen LogP contribution in [0, 0.1) is 5.92 Å². The number of hydrogen-bond acceptors (Lipinski definition) is 2. The fourth-order valence-electron chi connectivity index (χ4n) is 2.77. The summed E-state index contributed by atoms with van der Waals surface area (Å²) in [7, 11) is 0. The zero-order valence-corrected chi connectivity index (χ0v) is 11.7. The lowest BCUT2D eigenvalue weighted by Gasteiger charge is -2.30. The summed E-state index contributed by atoms with van der Waals surface area (Å²) in [6.45, 7) is 6.02. The number of para-hydroxylation sites is 1. The van der Waals surface area contributed by atoms with Crippen LogP contribution in [-0.2, 0) is 5.60 Å². The third kappa shape index (κ3) is 3.26. The Labute approximate surface area is 110 Å². The Morgan fingerprint density at radius 3 is 2.33 bits per heavy atom. The summed E-state index contributed by atoms with van der Waals surface area (Å²) < 4.78 is 0. The fraction of sp³-hybridized carbons (Fsp3) is 0.625. The van der Waals surface area contributed by atoms with Crippen molar-refractivity contribution in [3.05, 3.63) is 29.8 Å². The number of rotatable bonds is 3. The average Bonchev–Trinajstić information content (AvgIpc) is 2.31. The predicted octanol–water partition coefficient (Wildman–Crippen LogP) is 3.90. The first kappa shape index (κ1) is 13.4. The minimum absolute atomic E-state index is 0.560. The molecule has 0 heterocycles. The first-order valence-corrected chi connectivity index (χ1v) is 7.05. The summed E-state index contributed by atoms with van der Waals surface area (Å²) in [5.41, 5.74) is 1.29. The van der Waals surface area contributed by atoms with E-state index >= 15 is 0 Å². The highest BCUT2D eigenvalue weighted by atomic mass is 16.3. The molecule has 1 aliphatic rings. The van der Waals surface area contributed by atoms with Crippen molar-refractivity contribution in [1.29, 1.82) is 0 Å². The Morgan fingerprint density at radius 2 is 1.72 bits per heavy atom. The second-order valence-corrected chi connectivity index (χ2v) is 6.21. The molecule has 1 saturated carbocycles. The van der Waals surface area contributed by atoms with Gasteiger partial charge in [-0.2, -0.15) is 0 Å². The molecule has 2 rings (SSSR count). The molecule has 2 heteroatoms. The van der Waals surface area contributed by atoms with Crippen molar-refractivity contribution in [1.82, 2.24) is 0 Å². The van der Waals surface area contributed by atoms with Gasteiger partial charge in [-0.15, -0.1) is 0 Å². The van der Waals surface area contributed by atoms with E-state index in [-0.39, 0.29) is 0 Å². The van der Waals surface area contributed by atoms with Crippen LogP contribution in [-0.4, -0.2) is 11.1 Å². The van der Waals surface area contributed by atoms with E-state index in [0.717, 1.165) is 17.2 Å². The maximum absolute atomic E-state index is 10.2. The third-order valence-electron chi connectivity index (χ3n) is 3.96. The molecule has 2 nitrogen and oxygen atoms in total. The van der Waals surface area contributed by atoms with E-state index in [2.05, 4.69) is 18.3 Å². The Kier molecular flexibility index (Phi) is 3.96. The standard InChI is InChI=1S/C16H25NO/c1-12-8-10-13(11-9-12)17-15-7-5-4-6-14(15)16(2,3)18/h4-7,12-13,17-18H,8-11H2,1-3H3/t12-,13-. The van der Waals surface area contributed by atoms with Crippen molar-refractivity contribution in [2.45, 2.75) is 58.1 Å². The van der Waals surface area contributed by atoms with Crippen LogP contribution in [0.3, 0.4) is 0 Å². The van der Waals surface area contributed by atoms with Gasteiger partial charge in [0.2, 0.25) is 0 Å². The molecule has 1 aromatic rings. The molecule has 0 amide bonds. The van der Waals surface area contributed by atoms with E-state index in [0.29, 0.717) is 6.04 Å². The summed E-state index contributed by atoms with van der Waals surface area (Å²) in [4.78, 5) is 0. The van der Waals surface area contributed by atoms with Crippen molar-refractivity contribution >= 4 is 5.69 Å². The third-order valence-corrected chi connectivity index (χ3v) is 3.96. The highest BCUT2D eigenvalue weighted by Gasteiger charge is 2.23. The number of nitrogens with one attached hydrogen (secondary N) is 1. The van der Waals surface area contributed by atoms with Gasteiger partial charge in [0.15, 0.2) is 0 Å². The van der Waals surface area contributed by atoms with Gasteiger partial charge in [0.25, 0.3) is 0 Å². The van der Waals surface area contributed by atoms with Crippen molar-refractivity contribution < 1.29 is 5.11 Å². The molecule has 18 heavy (non-hydrogen) atoms. The van der Waals surface area contributed by atoms with Crippen LogP contribution >= 0.6 is 0 Å². The monoisotopic (exact) mass is 247 g/mol. The van der Waals surface area contributed by atoms with Gasteiger partial charge in [0.1, 0.15) is 0 Å². The molecule has 2 N–H and O–H groups in total. The van der Waals surface area contributed by atoms with Crippen molar-refractivity contribution in [3.63, 3.8) is 0 Å². The van der Waals surface area contributed by atoms with Gasteiger partial charge in [-0.25, -0.2) is 0 Å². The first-order chi connectivity index (χ1) is 8.47. The highest BCUT2D eigenvalue weighted by molar-refractivity contribution is 5.54. The topological polar surface area (TPSA) is 32.3 Å². The summed E-state index contributed by atoms with van der Waals surface area (Å²) in [5, 5.41) is 13.8. The van der Waals surface area contributed by atoms with Crippen LogP contribution in [0.15, 0.2) is 24.3 Å². The van der Waals surface area contributed by atoms with Gasteiger partial charge in [-0.05, 0) is 51.5 Å². The van der Waals surface area contributed by atoms with Crippen LogP contribution < -0.4 is 5.32 Å². The molecular weight excluding hydrogens is 222 g/mol. The van der Waals surface area contributed by atoms with Crippen molar-refractivity contribution in [3.8, 4) is 0 Å². The Morgan fingerprint density at radius 1 is 1.11 bits per heavy atom. The average molecular weight is 247 g/mol. The van der Waals surface area contributed by atoms with Crippen molar-refractivity contribution in [2.24, 2.45) is 5.92 Å². The molecule has 100 valence electrons. The van der Waals surface area contributed by atoms with Crippen LogP contribution in [0.25, 0.3) is 0 Å². The van der Waals surface area contributed by atoms with E-state index in [1.54, 1.807) is 0 Å². The van der Waals surface area contributed by atoms with Crippen LogP contribution in [0.5, 0.6) is 0 Å². The normalized spacial score (nSPS) is 24.9. The molecule has 0 saturated heterocycles. The second-order valence-electron chi connectivity index (χ2n) is 6.21. The fourth-order valence-corrected chi connectivity index (χ4v) is 2.77. The van der Waals surface area contributed by atoms with E-state index in [1.807, 2.05) is 32.0 Å². The molecule has 1 fully saturated rings. The molecule has 0 aliphatic heterocycles. The van der Waals surface area contributed by atoms with E-state index in [1.165, 1.54) is 25.7 Å². The SMILES string of the molecule is CC(C)(O)c1ccccc1N[C@H]1CC[C@H](C)CC1. The molecule has 0 bridgehead atoms. The maximum atomic E-state index is 10.2. The molecule has 0 spiro atoms. The van der Waals surface area contributed by atoms with Crippen LogP contribution in [0.2, 0.25) is 0 Å². The van der Waals surface area contributed by atoms with Crippen LogP contribution in [0.4, 0.5) is 5.69 Å². The summed E-state index contributed by atoms with van der Waals surface area (Å²) >= 11 is 0. The van der Waals surface area contributed by atoms with Gasteiger partial charge in [-0.3, -0.25) is 0 Å². The minimum Gasteiger partial charge on any atom is -0.386 e. The van der Waals surface area contributed by atoms with E-state index < -0.39 is 5.60 Å². The van der Waals surface area contributed by atoms with Gasteiger partial charge in [0, 0.05) is 17.3 Å². The molecule has 0 aromatic heterocycles. The van der Waals surface area contributed by atoms with Gasteiger partial charge in [-0.1, -0.05) is 25.1 Å². The summed E-state index contributed by atoms with van der Waals surface area (Å²) in [5.74, 6) is 0.868. The number of hydrogen-bond donors (Lipinski definition) is 2. The molecule has 1 aromatic carbocycles. The van der Waals surface area contributed by atoms with Gasteiger partial charge >= 0.3 is 0 Å². The molecule has 1 aliphatic carbocycles. The molecule has 0 unspecified atom stereocenters. The lowest BCUT2D eigenvalue weighted by molar-refractivity contribution is 0.0792. The number of anilines is 1. The molecular formula is C16H25NO. The lowest BCUT2D eigenvalue weighted by atomic mass is 9.87. The quantitative estimate of drug-likeness (QED) is 0.849. The summed E-state index contributed by atoms with van der Waals surface area (Å²) in [6.07, 6.45) is 5.09. The number of aliphatic hydroxyl groups is 1. The predicted molar refractivity (Wildman–Crippen MR) is 76.7 cm³/mol. The Hall–Kier alpha value is -1.02.